The number of para-hydroxylation sites is 1. The summed E-state index contributed by atoms with van der Waals surface area (Å²) in [5.41, 5.74) is 4.03. The number of hydrogen-bond acceptors (Lipinski definition) is 3. The predicted octanol–water partition coefficient (Wildman–Crippen LogP) is 3.41. The van der Waals surface area contributed by atoms with Gasteiger partial charge in [0.15, 0.2) is 5.96 Å². The third-order valence-corrected chi connectivity index (χ3v) is 4.92. The smallest absolute Gasteiger partial charge is 0.352 e. The molecule has 2 aromatic rings. The van der Waals surface area contributed by atoms with Gasteiger partial charge in [0.1, 0.15) is 0 Å². The second-order valence-corrected chi connectivity index (χ2v) is 7.37. The second kappa shape index (κ2) is 10.5. The summed E-state index contributed by atoms with van der Waals surface area (Å²) in [5, 5.41) is 11.1. The molecule has 1 unspecified atom stereocenters. The molecular weight excluding hydrogens is 508 g/mol. The lowest BCUT2D eigenvalue weighted by Crippen LogP contribution is -2.45. The molecular formula is C20H28F3IN6. The van der Waals surface area contributed by atoms with Gasteiger partial charge in [-0.05, 0) is 38.0 Å². The van der Waals surface area contributed by atoms with Crippen molar-refractivity contribution in [1.82, 2.24) is 25.3 Å². The van der Waals surface area contributed by atoms with Crippen LogP contribution >= 0.6 is 24.0 Å². The summed E-state index contributed by atoms with van der Waals surface area (Å²) in [6.07, 6.45) is -3.51. The Morgan fingerprint density at radius 3 is 2.63 bits per heavy atom. The zero-order valence-corrected chi connectivity index (χ0v) is 19.7. The summed E-state index contributed by atoms with van der Waals surface area (Å²) in [6, 6.07) is 9.93. The summed E-state index contributed by atoms with van der Waals surface area (Å²) >= 11 is 0. The third kappa shape index (κ3) is 6.59. The standard InChI is InChI=1S/C20H27F3N6.HI/c1-14-10-15(2)29(27-14)18-7-5-4-6-16(18)11-25-19(24-3)26-17-8-9-28(12-17)13-20(21,22)23;/h4-7,10,17H,8-9,11-13H2,1-3H3,(H2,24,25,26);1H. The van der Waals surface area contributed by atoms with Crippen LogP contribution in [-0.2, 0) is 6.54 Å². The Hall–Kier alpha value is -1.82. The molecule has 0 saturated carbocycles. The van der Waals surface area contributed by atoms with Crippen LogP contribution in [-0.4, -0.2) is 59.5 Å². The van der Waals surface area contributed by atoms with Crippen LogP contribution in [0.4, 0.5) is 13.2 Å². The Morgan fingerprint density at radius 1 is 1.27 bits per heavy atom. The van der Waals surface area contributed by atoms with Gasteiger partial charge >= 0.3 is 6.18 Å². The molecule has 1 aliphatic rings. The molecule has 0 bridgehead atoms. The fraction of sp³-hybridized carbons (Fsp3) is 0.500. The molecule has 2 heterocycles. The monoisotopic (exact) mass is 536 g/mol. The average Bonchev–Trinajstić information content (AvgIpc) is 3.22. The SMILES string of the molecule is CN=C(NCc1ccccc1-n1nc(C)cc1C)NC1CCN(CC(F)(F)F)C1.I. The normalized spacial score (nSPS) is 17.7. The first-order valence-electron chi connectivity index (χ1n) is 9.63. The van der Waals surface area contributed by atoms with Crippen molar-refractivity contribution in [2.45, 2.75) is 39.0 Å². The van der Waals surface area contributed by atoms with E-state index >= 15 is 0 Å². The van der Waals surface area contributed by atoms with Crippen molar-refractivity contribution < 1.29 is 13.2 Å². The molecule has 0 amide bonds. The number of likely N-dealkylation sites (tertiary alicyclic amines) is 1. The van der Waals surface area contributed by atoms with Crippen molar-refractivity contribution in [3.05, 3.63) is 47.3 Å². The van der Waals surface area contributed by atoms with Crippen LogP contribution in [0.25, 0.3) is 5.69 Å². The zero-order valence-electron chi connectivity index (χ0n) is 17.3. The van der Waals surface area contributed by atoms with Gasteiger partial charge in [-0.2, -0.15) is 18.3 Å². The minimum absolute atomic E-state index is 0. The number of guanidine groups is 1. The van der Waals surface area contributed by atoms with Gasteiger partial charge in [-0.1, -0.05) is 18.2 Å². The number of halogens is 4. The summed E-state index contributed by atoms with van der Waals surface area (Å²) in [4.78, 5) is 5.64. The molecule has 6 nitrogen and oxygen atoms in total. The number of nitrogens with zero attached hydrogens (tertiary/aromatic N) is 4. The average molecular weight is 536 g/mol. The number of nitrogens with one attached hydrogen (secondary N) is 2. The largest absolute Gasteiger partial charge is 0.401 e. The van der Waals surface area contributed by atoms with E-state index in [1.165, 1.54) is 4.90 Å². The fourth-order valence-electron chi connectivity index (χ4n) is 3.65. The summed E-state index contributed by atoms with van der Waals surface area (Å²) in [5.74, 6) is 0.576. The molecule has 166 valence electrons. The number of aliphatic imine (C=N–C) groups is 1. The van der Waals surface area contributed by atoms with Crippen molar-refractivity contribution in [2.75, 3.05) is 26.7 Å². The molecule has 0 spiro atoms. The molecule has 1 fully saturated rings. The van der Waals surface area contributed by atoms with Crippen LogP contribution in [0.2, 0.25) is 0 Å². The van der Waals surface area contributed by atoms with Crippen LogP contribution in [0.15, 0.2) is 35.3 Å². The minimum atomic E-state index is -4.17. The first kappa shape index (κ1) is 24.4. The molecule has 1 aromatic carbocycles. The number of aromatic nitrogens is 2. The lowest BCUT2D eigenvalue weighted by atomic mass is 10.1. The number of hydrogen-bond donors (Lipinski definition) is 2. The van der Waals surface area contributed by atoms with E-state index in [1.807, 2.05) is 48.9 Å². The topological polar surface area (TPSA) is 57.5 Å². The van der Waals surface area contributed by atoms with Gasteiger partial charge < -0.3 is 10.6 Å². The van der Waals surface area contributed by atoms with Gasteiger partial charge in [-0.25, -0.2) is 4.68 Å². The highest BCUT2D eigenvalue weighted by atomic mass is 127. The van der Waals surface area contributed by atoms with Gasteiger partial charge in [0.05, 0.1) is 17.9 Å². The maximum absolute atomic E-state index is 12.6. The van der Waals surface area contributed by atoms with Crippen LogP contribution in [0.3, 0.4) is 0 Å². The molecule has 0 aliphatic carbocycles. The van der Waals surface area contributed by atoms with Gasteiger partial charge in [0.25, 0.3) is 0 Å². The van der Waals surface area contributed by atoms with Crippen LogP contribution in [0.5, 0.6) is 0 Å². The van der Waals surface area contributed by atoms with Gasteiger partial charge in [-0.3, -0.25) is 9.89 Å². The molecule has 1 atom stereocenters. The Balaban J connectivity index is 0.00000320. The number of benzene rings is 1. The molecule has 30 heavy (non-hydrogen) atoms. The Bertz CT molecular complexity index is 864. The first-order valence-corrected chi connectivity index (χ1v) is 9.63. The molecule has 10 heteroatoms. The number of alkyl halides is 3. The van der Waals surface area contributed by atoms with Crippen molar-refractivity contribution >= 4 is 29.9 Å². The number of aryl methyl sites for hydroxylation is 2. The summed E-state index contributed by atoms with van der Waals surface area (Å²) < 4.78 is 39.6. The molecule has 2 N–H and O–H groups in total. The van der Waals surface area contributed by atoms with Crippen molar-refractivity contribution in [2.24, 2.45) is 4.99 Å². The van der Waals surface area contributed by atoms with Gasteiger partial charge in [-0.15, -0.1) is 24.0 Å². The lowest BCUT2D eigenvalue weighted by Gasteiger charge is -2.20. The third-order valence-electron chi connectivity index (χ3n) is 4.92. The highest BCUT2D eigenvalue weighted by Gasteiger charge is 2.34. The Labute approximate surface area is 191 Å². The zero-order chi connectivity index (χ0) is 21.0. The molecule has 1 saturated heterocycles. The van der Waals surface area contributed by atoms with E-state index in [0.717, 1.165) is 22.6 Å². The quantitative estimate of drug-likeness (QED) is 0.350. The van der Waals surface area contributed by atoms with E-state index in [9.17, 15) is 13.2 Å². The van der Waals surface area contributed by atoms with E-state index in [4.69, 9.17) is 0 Å². The lowest BCUT2D eigenvalue weighted by molar-refractivity contribution is -0.143. The highest BCUT2D eigenvalue weighted by molar-refractivity contribution is 14.0. The van der Waals surface area contributed by atoms with Crippen LogP contribution < -0.4 is 10.6 Å². The van der Waals surface area contributed by atoms with E-state index in [0.29, 0.717) is 32.0 Å². The van der Waals surface area contributed by atoms with E-state index in [1.54, 1.807) is 7.05 Å². The molecule has 0 radical (unpaired) electrons. The van der Waals surface area contributed by atoms with Gasteiger partial charge in [0.2, 0.25) is 0 Å². The maximum Gasteiger partial charge on any atom is 0.401 e. The molecule has 3 rings (SSSR count). The van der Waals surface area contributed by atoms with E-state index in [2.05, 4.69) is 20.7 Å². The van der Waals surface area contributed by atoms with Crippen molar-refractivity contribution in [3.8, 4) is 5.69 Å². The van der Waals surface area contributed by atoms with Crippen molar-refractivity contribution in [1.29, 1.82) is 0 Å². The fourth-order valence-corrected chi connectivity index (χ4v) is 3.65. The highest BCUT2D eigenvalue weighted by Crippen LogP contribution is 2.20. The second-order valence-electron chi connectivity index (χ2n) is 7.37. The number of rotatable bonds is 5. The summed E-state index contributed by atoms with van der Waals surface area (Å²) in [7, 11) is 1.66. The predicted molar refractivity (Wildman–Crippen MR) is 123 cm³/mol. The van der Waals surface area contributed by atoms with Crippen molar-refractivity contribution in [3.63, 3.8) is 0 Å². The summed E-state index contributed by atoms with van der Waals surface area (Å²) in [6.45, 7) is 4.40. The van der Waals surface area contributed by atoms with Crippen LogP contribution in [0.1, 0.15) is 23.4 Å². The van der Waals surface area contributed by atoms with E-state index < -0.39 is 12.7 Å². The molecule has 1 aromatic heterocycles. The Kier molecular flexibility index (Phi) is 8.53. The van der Waals surface area contributed by atoms with Crippen LogP contribution in [0, 0.1) is 13.8 Å². The van der Waals surface area contributed by atoms with E-state index in [-0.39, 0.29) is 30.0 Å². The molecule has 1 aliphatic heterocycles. The first-order chi connectivity index (χ1) is 13.7. The van der Waals surface area contributed by atoms with Gasteiger partial charge in [0, 0.05) is 38.4 Å². The maximum atomic E-state index is 12.6. The minimum Gasteiger partial charge on any atom is -0.352 e. The Morgan fingerprint density at radius 2 is 2.00 bits per heavy atom.